The number of hydrogen-bond acceptors (Lipinski definition) is 6. The van der Waals surface area contributed by atoms with Crippen molar-refractivity contribution in [2.24, 2.45) is 0 Å². The standard InChI is InChI=1S/C20H21N3O4S/c1-13(23-19(24)7-6-17(22-23)18-5-4-8-28-18)12-21-20(25)14-9-15(26-2)11-16(10-14)27-3/h4-11,13H,12H2,1-3H3,(H,21,25). The first-order valence-corrected chi connectivity index (χ1v) is 9.55. The van der Waals surface area contributed by atoms with Crippen LogP contribution >= 0.6 is 11.3 Å². The SMILES string of the molecule is COc1cc(OC)cc(C(=O)NCC(C)n2nc(-c3cccs3)ccc2=O)c1. The number of aromatic nitrogens is 2. The van der Waals surface area contributed by atoms with Crippen molar-refractivity contribution in [3.8, 4) is 22.1 Å². The van der Waals surface area contributed by atoms with Crippen LogP contribution in [-0.4, -0.2) is 36.5 Å². The molecule has 0 saturated heterocycles. The number of carbonyl (C=O) groups is 1. The van der Waals surface area contributed by atoms with Crippen LogP contribution < -0.4 is 20.3 Å². The lowest BCUT2D eigenvalue weighted by molar-refractivity contribution is 0.0947. The molecule has 3 aromatic rings. The van der Waals surface area contributed by atoms with E-state index in [2.05, 4.69) is 10.4 Å². The molecule has 1 atom stereocenters. The summed E-state index contributed by atoms with van der Waals surface area (Å²) in [6.45, 7) is 2.08. The molecule has 1 N–H and O–H groups in total. The Morgan fingerprint density at radius 1 is 1.18 bits per heavy atom. The fourth-order valence-electron chi connectivity index (χ4n) is 2.66. The third-order valence-corrected chi connectivity index (χ3v) is 5.08. The molecule has 3 rings (SSSR count). The van der Waals surface area contributed by atoms with E-state index in [0.29, 0.717) is 17.1 Å². The maximum absolute atomic E-state index is 12.5. The summed E-state index contributed by atoms with van der Waals surface area (Å²) in [5.41, 5.74) is 0.923. The highest BCUT2D eigenvalue weighted by Crippen LogP contribution is 2.23. The average Bonchev–Trinajstić information content (AvgIpc) is 3.26. The van der Waals surface area contributed by atoms with Crippen molar-refractivity contribution in [1.29, 1.82) is 0 Å². The minimum atomic E-state index is -0.316. The van der Waals surface area contributed by atoms with Gasteiger partial charge < -0.3 is 14.8 Å². The second-order valence-electron chi connectivity index (χ2n) is 6.14. The van der Waals surface area contributed by atoms with Crippen LogP contribution in [0.4, 0.5) is 0 Å². The Balaban J connectivity index is 1.74. The van der Waals surface area contributed by atoms with Crippen molar-refractivity contribution in [1.82, 2.24) is 15.1 Å². The molecule has 0 saturated carbocycles. The van der Waals surface area contributed by atoms with Gasteiger partial charge in [-0.1, -0.05) is 6.07 Å². The number of thiophene rings is 1. The fourth-order valence-corrected chi connectivity index (χ4v) is 3.35. The molecular weight excluding hydrogens is 378 g/mol. The Hall–Kier alpha value is -3.13. The Labute approximate surface area is 166 Å². The van der Waals surface area contributed by atoms with Crippen molar-refractivity contribution in [2.75, 3.05) is 20.8 Å². The van der Waals surface area contributed by atoms with Gasteiger partial charge in [-0.2, -0.15) is 5.10 Å². The van der Waals surface area contributed by atoms with Crippen LogP contribution in [0.5, 0.6) is 11.5 Å². The predicted molar refractivity (Wildman–Crippen MR) is 108 cm³/mol. The van der Waals surface area contributed by atoms with Gasteiger partial charge in [0.2, 0.25) is 0 Å². The van der Waals surface area contributed by atoms with Crippen LogP contribution in [0.2, 0.25) is 0 Å². The van der Waals surface area contributed by atoms with E-state index in [1.54, 1.807) is 35.6 Å². The predicted octanol–water partition coefficient (Wildman–Crippen LogP) is 2.98. The molecule has 146 valence electrons. The Kier molecular flexibility index (Phi) is 6.10. The van der Waals surface area contributed by atoms with Gasteiger partial charge in [-0.05, 0) is 36.6 Å². The maximum Gasteiger partial charge on any atom is 0.267 e. The van der Waals surface area contributed by atoms with Crippen molar-refractivity contribution >= 4 is 17.2 Å². The van der Waals surface area contributed by atoms with Crippen molar-refractivity contribution in [3.05, 3.63) is 63.8 Å². The highest BCUT2D eigenvalue weighted by atomic mass is 32.1. The maximum atomic E-state index is 12.5. The molecule has 7 nitrogen and oxygen atoms in total. The topological polar surface area (TPSA) is 82.4 Å². The number of benzene rings is 1. The van der Waals surface area contributed by atoms with Gasteiger partial charge in [0, 0.05) is 24.2 Å². The molecule has 0 bridgehead atoms. The minimum absolute atomic E-state index is 0.217. The Morgan fingerprint density at radius 3 is 2.50 bits per heavy atom. The minimum Gasteiger partial charge on any atom is -0.497 e. The van der Waals surface area contributed by atoms with E-state index < -0.39 is 0 Å². The molecule has 0 radical (unpaired) electrons. The van der Waals surface area contributed by atoms with Gasteiger partial charge in [0.1, 0.15) is 17.2 Å². The first-order valence-electron chi connectivity index (χ1n) is 8.67. The van der Waals surface area contributed by atoms with Crippen LogP contribution in [0.25, 0.3) is 10.6 Å². The van der Waals surface area contributed by atoms with Crippen LogP contribution in [0.1, 0.15) is 23.3 Å². The molecular formula is C20H21N3O4S. The molecule has 0 fully saturated rings. The Bertz CT molecular complexity index is 992. The summed E-state index contributed by atoms with van der Waals surface area (Å²) in [5, 5.41) is 9.23. The second-order valence-corrected chi connectivity index (χ2v) is 7.09. The second kappa shape index (κ2) is 8.71. The normalized spacial score (nSPS) is 11.7. The van der Waals surface area contributed by atoms with E-state index in [1.165, 1.54) is 25.0 Å². The lowest BCUT2D eigenvalue weighted by Crippen LogP contribution is -2.34. The quantitative estimate of drug-likeness (QED) is 0.660. The van der Waals surface area contributed by atoms with Crippen LogP contribution in [-0.2, 0) is 0 Å². The van der Waals surface area contributed by atoms with E-state index in [9.17, 15) is 9.59 Å². The van der Waals surface area contributed by atoms with Crippen molar-refractivity contribution in [3.63, 3.8) is 0 Å². The fraction of sp³-hybridized carbons (Fsp3) is 0.250. The third kappa shape index (κ3) is 4.40. The van der Waals surface area contributed by atoms with Gasteiger partial charge >= 0.3 is 0 Å². The lowest BCUT2D eigenvalue weighted by atomic mass is 10.2. The molecule has 0 spiro atoms. The first kappa shape index (κ1) is 19.6. The number of amides is 1. The molecule has 0 aliphatic rings. The number of rotatable bonds is 7. The van der Waals surface area contributed by atoms with Gasteiger partial charge in [0.05, 0.1) is 25.1 Å². The molecule has 1 amide bonds. The summed E-state index contributed by atoms with van der Waals surface area (Å²) in [6.07, 6.45) is 0. The van der Waals surface area contributed by atoms with Gasteiger partial charge in [-0.25, -0.2) is 4.68 Å². The largest absolute Gasteiger partial charge is 0.497 e. The molecule has 1 aromatic carbocycles. The lowest BCUT2D eigenvalue weighted by Gasteiger charge is -2.16. The van der Waals surface area contributed by atoms with E-state index in [-0.39, 0.29) is 24.1 Å². The molecule has 1 unspecified atom stereocenters. The van der Waals surface area contributed by atoms with Crippen LogP contribution in [0.3, 0.4) is 0 Å². The number of ether oxygens (including phenoxy) is 2. The summed E-state index contributed by atoms with van der Waals surface area (Å²) in [4.78, 5) is 25.7. The first-order chi connectivity index (χ1) is 13.5. The van der Waals surface area contributed by atoms with Crippen LogP contribution in [0, 0.1) is 0 Å². The van der Waals surface area contributed by atoms with E-state index in [0.717, 1.165) is 10.6 Å². The van der Waals surface area contributed by atoms with E-state index in [1.807, 2.05) is 24.4 Å². The molecule has 2 heterocycles. The highest BCUT2D eigenvalue weighted by Gasteiger charge is 2.14. The summed E-state index contributed by atoms with van der Waals surface area (Å²) >= 11 is 1.55. The Morgan fingerprint density at radius 2 is 1.89 bits per heavy atom. The number of hydrogen-bond donors (Lipinski definition) is 1. The van der Waals surface area contributed by atoms with Crippen molar-refractivity contribution < 1.29 is 14.3 Å². The van der Waals surface area contributed by atoms with Gasteiger partial charge in [-0.3, -0.25) is 9.59 Å². The zero-order valence-electron chi connectivity index (χ0n) is 15.8. The van der Waals surface area contributed by atoms with Gasteiger partial charge in [-0.15, -0.1) is 11.3 Å². The summed E-state index contributed by atoms with van der Waals surface area (Å²) in [7, 11) is 3.05. The number of nitrogens with zero attached hydrogens (tertiary/aromatic N) is 2. The number of nitrogens with one attached hydrogen (secondary N) is 1. The summed E-state index contributed by atoms with van der Waals surface area (Å²) in [6, 6.07) is 11.7. The van der Waals surface area contributed by atoms with E-state index in [4.69, 9.17) is 9.47 Å². The zero-order chi connectivity index (χ0) is 20.1. The molecule has 0 aliphatic carbocycles. The van der Waals surface area contributed by atoms with Gasteiger partial charge in [0.15, 0.2) is 0 Å². The van der Waals surface area contributed by atoms with E-state index >= 15 is 0 Å². The third-order valence-electron chi connectivity index (χ3n) is 4.19. The smallest absolute Gasteiger partial charge is 0.267 e. The van der Waals surface area contributed by atoms with Gasteiger partial charge in [0.25, 0.3) is 11.5 Å². The molecule has 8 heteroatoms. The number of carbonyl (C=O) groups excluding carboxylic acids is 1. The summed E-state index contributed by atoms with van der Waals surface area (Å²) < 4.78 is 11.8. The number of methoxy groups -OCH3 is 2. The molecule has 28 heavy (non-hydrogen) atoms. The van der Waals surface area contributed by atoms with Crippen molar-refractivity contribution in [2.45, 2.75) is 13.0 Å². The molecule has 0 aliphatic heterocycles. The highest BCUT2D eigenvalue weighted by molar-refractivity contribution is 7.13. The zero-order valence-corrected chi connectivity index (χ0v) is 16.7. The summed E-state index contributed by atoms with van der Waals surface area (Å²) in [5.74, 6) is 0.768. The molecule has 2 aromatic heterocycles. The average molecular weight is 399 g/mol. The van der Waals surface area contributed by atoms with Crippen LogP contribution in [0.15, 0.2) is 52.6 Å². The monoisotopic (exact) mass is 399 g/mol.